The molecule has 1 aromatic rings. The summed E-state index contributed by atoms with van der Waals surface area (Å²) in [6, 6.07) is 0. The number of rotatable bonds is 3. The van der Waals surface area contributed by atoms with Crippen molar-refractivity contribution in [3.05, 3.63) is 12.2 Å². The Balaban J connectivity index is 1.95. The molecule has 2 heterocycles. The van der Waals surface area contributed by atoms with Gasteiger partial charge in [0.15, 0.2) is 0 Å². The minimum Gasteiger partial charge on any atom is -0.296 e. The molecule has 1 fully saturated rings. The quantitative estimate of drug-likeness (QED) is 0.796. The molecule has 0 spiro atoms. The molecule has 16 heavy (non-hydrogen) atoms. The zero-order valence-corrected chi connectivity index (χ0v) is 11.5. The monoisotopic (exact) mass is 286 g/mol. The largest absolute Gasteiger partial charge is 0.296 e. The van der Waals surface area contributed by atoms with Crippen LogP contribution in [0.3, 0.4) is 0 Å². The molecule has 0 aliphatic carbocycles. The number of hydrogen-bond donors (Lipinski definition) is 0. The summed E-state index contributed by atoms with van der Waals surface area (Å²) in [7, 11) is 0. The van der Waals surface area contributed by atoms with E-state index in [0.717, 1.165) is 32.0 Å². The van der Waals surface area contributed by atoms with Gasteiger partial charge in [-0.05, 0) is 25.8 Å². The lowest BCUT2D eigenvalue weighted by Crippen LogP contribution is -2.39. The molecule has 1 aromatic heterocycles. The van der Waals surface area contributed by atoms with Crippen LogP contribution >= 0.6 is 15.9 Å². The van der Waals surface area contributed by atoms with Crippen LogP contribution in [0.1, 0.15) is 26.1 Å². The number of piperidine rings is 1. The van der Waals surface area contributed by atoms with E-state index in [-0.39, 0.29) is 0 Å². The van der Waals surface area contributed by atoms with Gasteiger partial charge in [0.1, 0.15) is 12.2 Å². The Morgan fingerprint density at radius 2 is 2.38 bits per heavy atom. The maximum atomic E-state index is 4.32. The van der Waals surface area contributed by atoms with E-state index < -0.39 is 0 Å². The van der Waals surface area contributed by atoms with Gasteiger partial charge in [0.25, 0.3) is 0 Å². The number of aromatic nitrogens is 3. The highest BCUT2D eigenvalue weighted by Gasteiger charge is 2.24. The van der Waals surface area contributed by atoms with Gasteiger partial charge in [0, 0.05) is 17.9 Å². The van der Waals surface area contributed by atoms with Gasteiger partial charge in [0.05, 0.1) is 6.54 Å². The fourth-order valence-electron chi connectivity index (χ4n) is 2.22. The molecule has 90 valence electrons. The van der Waals surface area contributed by atoms with Crippen LogP contribution in [0.15, 0.2) is 6.33 Å². The lowest BCUT2D eigenvalue weighted by Gasteiger charge is -2.33. The second-order valence-electron chi connectivity index (χ2n) is 4.51. The zero-order chi connectivity index (χ0) is 11.5. The molecule has 2 unspecified atom stereocenters. The van der Waals surface area contributed by atoms with E-state index in [2.05, 4.69) is 44.8 Å². The van der Waals surface area contributed by atoms with Crippen LogP contribution in [-0.2, 0) is 13.1 Å². The van der Waals surface area contributed by atoms with Crippen LogP contribution < -0.4 is 0 Å². The van der Waals surface area contributed by atoms with Gasteiger partial charge in [0.2, 0.25) is 0 Å². The first-order valence-electron chi connectivity index (χ1n) is 5.93. The lowest BCUT2D eigenvalue weighted by molar-refractivity contribution is 0.177. The molecule has 5 heteroatoms. The Morgan fingerprint density at radius 3 is 3.06 bits per heavy atom. The average molecular weight is 287 g/mol. The van der Waals surface area contributed by atoms with Gasteiger partial charge < -0.3 is 0 Å². The summed E-state index contributed by atoms with van der Waals surface area (Å²) in [4.78, 5) is 7.47. The molecular weight excluding hydrogens is 268 g/mol. The van der Waals surface area contributed by atoms with Crippen molar-refractivity contribution in [2.24, 2.45) is 5.92 Å². The van der Waals surface area contributed by atoms with Crippen LogP contribution in [0.5, 0.6) is 0 Å². The van der Waals surface area contributed by atoms with Crippen LogP contribution in [0.25, 0.3) is 0 Å². The second-order valence-corrected chi connectivity index (χ2v) is 5.69. The smallest absolute Gasteiger partial charge is 0.140 e. The molecule has 4 nitrogen and oxygen atoms in total. The molecule has 2 rings (SSSR count). The van der Waals surface area contributed by atoms with Crippen molar-refractivity contribution in [2.75, 3.05) is 13.1 Å². The van der Waals surface area contributed by atoms with Crippen molar-refractivity contribution in [2.45, 2.75) is 38.2 Å². The second kappa shape index (κ2) is 5.27. The first kappa shape index (κ1) is 12.0. The summed E-state index contributed by atoms with van der Waals surface area (Å²) in [5.74, 6) is 1.80. The van der Waals surface area contributed by atoms with Gasteiger partial charge in [-0.25, -0.2) is 9.67 Å². The lowest BCUT2D eigenvalue weighted by atomic mass is 10.0. The highest BCUT2D eigenvalue weighted by Crippen LogP contribution is 2.24. The summed E-state index contributed by atoms with van der Waals surface area (Å²) in [6.07, 6.45) is 2.88. The van der Waals surface area contributed by atoms with Crippen molar-refractivity contribution < 1.29 is 0 Å². The maximum absolute atomic E-state index is 4.32. The first-order chi connectivity index (χ1) is 7.70. The number of hydrogen-bond acceptors (Lipinski definition) is 3. The van der Waals surface area contributed by atoms with Gasteiger partial charge in [-0.15, -0.1) is 0 Å². The summed E-state index contributed by atoms with van der Waals surface area (Å²) < 4.78 is 1.98. The minimum absolute atomic E-state index is 0.674. The van der Waals surface area contributed by atoms with Crippen LogP contribution in [0.2, 0.25) is 0 Å². The maximum Gasteiger partial charge on any atom is 0.140 e. The van der Waals surface area contributed by atoms with Crippen molar-refractivity contribution in [3.8, 4) is 0 Å². The predicted octanol–water partition coefficient (Wildman–Crippen LogP) is 1.90. The highest BCUT2D eigenvalue weighted by atomic mass is 79.9. The van der Waals surface area contributed by atoms with Crippen molar-refractivity contribution in [1.29, 1.82) is 0 Å². The SMILES string of the molecule is CCn1ncnc1CN1CCC(Br)C(C)C1. The molecule has 1 saturated heterocycles. The molecule has 2 atom stereocenters. The first-order valence-corrected chi connectivity index (χ1v) is 6.85. The Bertz CT molecular complexity index is 338. The molecule has 0 amide bonds. The van der Waals surface area contributed by atoms with E-state index in [0.29, 0.717) is 10.7 Å². The standard InChI is InChI=1S/C11H19BrN4/c1-3-16-11(13-8-14-16)7-15-5-4-10(12)9(2)6-15/h8-10H,3-7H2,1-2H3. The van der Waals surface area contributed by atoms with E-state index in [1.54, 1.807) is 6.33 Å². The van der Waals surface area contributed by atoms with E-state index in [9.17, 15) is 0 Å². The Morgan fingerprint density at radius 1 is 1.56 bits per heavy atom. The summed E-state index contributed by atoms with van der Waals surface area (Å²) in [5, 5.41) is 4.20. The number of likely N-dealkylation sites (tertiary alicyclic amines) is 1. The summed E-state index contributed by atoms with van der Waals surface area (Å²) in [6.45, 7) is 8.53. The molecule has 1 aliphatic heterocycles. The van der Waals surface area contributed by atoms with Gasteiger partial charge in [-0.2, -0.15) is 5.10 Å². The van der Waals surface area contributed by atoms with Crippen LogP contribution in [-0.4, -0.2) is 37.6 Å². The predicted molar refractivity (Wildman–Crippen MR) is 67.5 cm³/mol. The number of aryl methyl sites for hydroxylation is 1. The number of alkyl halides is 1. The Hall–Kier alpha value is -0.420. The van der Waals surface area contributed by atoms with E-state index in [1.807, 2.05) is 4.68 Å². The topological polar surface area (TPSA) is 34.0 Å². The third-order valence-corrected chi connectivity index (χ3v) is 4.61. The van der Waals surface area contributed by atoms with E-state index in [4.69, 9.17) is 0 Å². The van der Waals surface area contributed by atoms with Gasteiger partial charge in [-0.3, -0.25) is 4.90 Å². The minimum atomic E-state index is 0.674. The molecule has 0 radical (unpaired) electrons. The average Bonchev–Trinajstić information content (AvgIpc) is 2.71. The van der Waals surface area contributed by atoms with Crippen molar-refractivity contribution >= 4 is 15.9 Å². The van der Waals surface area contributed by atoms with Gasteiger partial charge in [-0.1, -0.05) is 22.9 Å². The highest BCUT2D eigenvalue weighted by molar-refractivity contribution is 9.09. The summed E-state index contributed by atoms with van der Waals surface area (Å²) >= 11 is 3.73. The third kappa shape index (κ3) is 2.63. The van der Waals surface area contributed by atoms with E-state index in [1.165, 1.54) is 6.42 Å². The van der Waals surface area contributed by atoms with Crippen LogP contribution in [0, 0.1) is 5.92 Å². The zero-order valence-electron chi connectivity index (χ0n) is 9.93. The van der Waals surface area contributed by atoms with Gasteiger partial charge >= 0.3 is 0 Å². The van der Waals surface area contributed by atoms with Crippen molar-refractivity contribution in [3.63, 3.8) is 0 Å². The Kier molecular flexibility index (Phi) is 3.97. The van der Waals surface area contributed by atoms with Crippen LogP contribution in [0.4, 0.5) is 0 Å². The number of nitrogens with zero attached hydrogens (tertiary/aromatic N) is 4. The molecule has 1 aliphatic rings. The van der Waals surface area contributed by atoms with E-state index >= 15 is 0 Å². The normalized spacial score (nSPS) is 27.2. The molecule has 0 N–H and O–H groups in total. The molecule has 0 bridgehead atoms. The number of halogens is 1. The Labute approximate surface area is 105 Å². The summed E-state index contributed by atoms with van der Waals surface area (Å²) in [5.41, 5.74) is 0. The van der Waals surface area contributed by atoms with Crippen molar-refractivity contribution in [1.82, 2.24) is 19.7 Å². The fraction of sp³-hybridized carbons (Fsp3) is 0.818. The molecule has 0 aromatic carbocycles. The fourth-order valence-corrected chi connectivity index (χ4v) is 2.59. The molecular formula is C11H19BrN4. The molecule has 0 saturated carbocycles. The third-order valence-electron chi connectivity index (χ3n) is 3.25.